The number of aryl methyl sites for hydroxylation is 2. The first kappa shape index (κ1) is 40.9. The first-order valence-electron chi connectivity index (χ1n) is 24.2. The third-order valence-corrected chi connectivity index (χ3v) is 15.7. The van der Waals surface area contributed by atoms with Crippen molar-refractivity contribution in [3.8, 4) is 11.1 Å². The number of rotatable bonds is 5. The number of hydrogen-bond acceptors (Lipinski definition) is 2. The van der Waals surface area contributed by atoms with E-state index in [2.05, 4.69) is 236 Å². The molecule has 324 valence electrons. The molecule has 0 atom stereocenters. The second kappa shape index (κ2) is 14.5. The van der Waals surface area contributed by atoms with Crippen LogP contribution in [0.25, 0.3) is 11.1 Å². The molecule has 8 aromatic carbocycles. The summed E-state index contributed by atoms with van der Waals surface area (Å²) < 4.78 is 0. The topological polar surface area (TPSA) is 6.48 Å². The molecule has 0 aromatic heterocycles. The zero-order chi connectivity index (χ0) is 45.4. The molecule has 0 unspecified atom stereocenters. The van der Waals surface area contributed by atoms with Gasteiger partial charge >= 0.3 is 0 Å². The summed E-state index contributed by atoms with van der Waals surface area (Å²) in [5.41, 5.74) is 28.3. The molecule has 3 heteroatoms. The van der Waals surface area contributed by atoms with Gasteiger partial charge in [-0.05, 0) is 156 Å². The van der Waals surface area contributed by atoms with Crippen molar-refractivity contribution in [3.05, 3.63) is 219 Å². The largest absolute Gasteiger partial charge is 0.311 e. The fourth-order valence-electron chi connectivity index (χ4n) is 12.9. The summed E-state index contributed by atoms with van der Waals surface area (Å²) in [4.78, 5) is 5.32. The van der Waals surface area contributed by atoms with Crippen LogP contribution >= 0.6 is 0 Å². The summed E-state index contributed by atoms with van der Waals surface area (Å²) in [6.07, 6.45) is 2.04. The number of benzene rings is 8. The molecule has 2 aliphatic carbocycles. The van der Waals surface area contributed by atoms with E-state index >= 15 is 0 Å². The lowest BCUT2D eigenvalue weighted by Gasteiger charge is -2.45. The Hall–Kier alpha value is -6.58. The van der Waals surface area contributed by atoms with Gasteiger partial charge in [0.25, 0.3) is 6.71 Å². The highest BCUT2D eigenvalue weighted by Gasteiger charge is 2.49. The van der Waals surface area contributed by atoms with Gasteiger partial charge in [-0.2, -0.15) is 0 Å². The summed E-state index contributed by atoms with van der Waals surface area (Å²) in [5.74, 6) is 0.0747. The van der Waals surface area contributed by atoms with Crippen LogP contribution in [0, 0.1) is 13.8 Å². The van der Waals surface area contributed by atoms with Gasteiger partial charge in [-0.25, -0.2) is 0 Å². The van der Waals surface area contributed by atoms with Crippen molar-refractivity contribution in [1.29, 1.82) is 0 Å². The molecule has 66 heavy (non-hydrogen) atoms. The highest BCUT2D eigenvalue weighted by Crippen LogP contribution is 2.54. The van der Waals surface area contributed by atoms with Gasteiger partial charge in [0, 0.05) is 40.8 Å². The average molecular weight is 855 g/mol. The number of hydrogen-bond donors (Lipinski definition) is 0. The smallest absolute Gasteiger partial charge is 0.252 e. The fraction of sp³-hybridized carbons (Fsp3) is 0.238. The van der Waals surface area contributed by atoms with Crippen LogP contribution in [-0.4, -0.2) is 6.71 Å². The van der Waals surface area contributed by atoms with E-state index in [4.69, 9.17) is 0 Å². The lowest BCUT2D eigenvalue weighted by molar-refractivity contribution is 0.403. The minimum Gasteiger partial charge on any atom is -0.311 e. The molecule has 2 heterocycles. The Morgan fingerprint density at radius 1 is 0.500 bits per heavy atom. The van der Waals surface area contributed by atoms with Crippen molar-refractivity contribution in [2.45, 2.75) is 97.3 Å². The van der Waals surface area contributed by atoms with Gasteiger partial charge in [-0.15, -0.1) is 0 Å². The van der Waals surface area contributed by atoms with E-state index < -0.39 is 0 Å². The van der Waals surface area contributed by atoms with E-state index in [0.717, 1.165) is 12.8 Å². The van der Waals surface area contributed by atoms with Crippen LogP contribution < -0.4 is 26.2 Å². The molecule has 0 radical (unpaired) electrons. The Labute approximate surface area is 393 Å². The van der Waals surface area contributed by atoms with Gasteiger partial charge < -0.3 is 9.80 Å². The summed E-state index contributed by atoms with van der Waals surface area (Å²) in [5, 5.41) is 0. The molecule has 12 rings (SSSR count). The normalized spacial score (nSPS) is 15.8. The fourth-order valence-corrected chi connectivity index (χ4v) is 12.9. The van der Waals surface area contributed by atoms with Gasteiger partial charge in [0.1, 0.15) is 0 Å². The second-order valence-corrected chi connectivity index (χ2v) is 22.2. The highest BCUT2D eigenvalue weighted by molar-refractivity contribution is 7.00. The highest BCUT2D eigenvalue weighted by atomic mass is 15.2. The van der Waals surface area contributed by atoms with Gasteiger partial charge in [0.2, 0.25) is 0 Å². The van der Waals surface area contributed by atoms with Crippen LogP contribution in [-0.2, 0) is 22.7 Å². The molecule has 0 bridgehead atoms. The lowest BCUT2D eigenvalue weighted by Crippen LogP contribution is -2.61. The standard InChI is InChI=1S/C63H59BN2/c1-39-31-57-60-58(32-39)66(54-26-18-25-47-46-24-17-16-23-43(46)34-48(47)54)56-37-50-49(62(6,7)38-63(50,8)9)36-52(56)64(60)51-35-44(59(41-19-12-10-13-20-41)42-21-14-11-15-22-42)27-29-55(51)65(57)53-30-28-45(33-40(53)2)61(3,4)5/h10-33,35-37,59H,34,38H2,1-9H3. The second-order valence-electron chi connectivity index (χ2n) is 22.2. The number of anilines is 6. The molecule has 0 spiro atoms. The van der Waals surface area contributed by atoms with Crippen LogP contribution in [0.4, 0.5) is 34.1 Å². The lowest BCUT2D eigenvalue weighted by atomic mass is 9.33. The molecule has 0 amide bonds. The van der Waals surface area contributed by atoms with E-state index in [1.165, 1.54) is 117 Å². The minimum absolute atomic E-state index is 0.00757. The maximum Gasteiger partial charge on any atom is 0.252 e. The molecule has 2 nitrogen and oxygen atoms in total. The third-order valence-electron chi connectivity index (χ3n) is 15.7. The quantitative estimate of drug-likeness (QED) is 0.126. The summed E-state index contributed by atoms with van der Waals surface area (Å²) in [6, 6.07) is 63.3. The van der Waals surface area contributed by atoms with Crippen molar-refractivity contribution in [2.24, 2.45) is 0 Å². The molecule has 4 aliphatic rings. The third kappa shape index (κ3) is 6.15. The van der Waals surface area contributed by atoms with Crippen molar-refractivity contribution in [2.75, 3.05) is 9.80 Å². The van der Waals surface area contributed by atoms with Crippen LogP contribution in [0.2, 0.25) is 0 Å². The van der Waals surface area contributed by atoms with E-state index in [9.17, 15) is 0 Å². The number of nitrogens with zero attached hydrogens (tertiary/aromatic N) is 2. The average Bonchev–Trinajstić information content (AvgIpc) is 3.76. The number of fused-ring (bicyclic) bond motifs is 8. The predicted molar refractivity (Wildman–Crippen MR) is 281 cm³/mol. The van der Waals surface area contributed by atoms with Crippen LogP contribution in [0.5, 0.6) is 0 Å². The maximum atomic E-state index is 2.70. The SMILES string of the molecule is Cc1cc2c3c(c1)N(c1cccc4c1Cc1ccccc1-4)c1cc4c(cc1B3c1cc(C(c3ccccc3)c3ccccc3)ccc1N2c1ccc(C(C)(C)C)cc1C)C(C)(C)CC4(C)C. The Bertz CT molecular complexity index is 3240. The molecular weight excluding hydrogens is 796 g/mol. The summed E-state index contributed by atoms with van der Waals surface area (Å²) in [7, 11) is 0. The Balaban J connectivity index is 1.19. The predicted octanol–water partition coefficient (Wildman–Crippen LogP) is 14.4. The Kier molecular flexibility index (Phi) is 8.96. The molecule has 0 N–H and O–H groups in total. The van der Waals surface area contributed by atoms with Crippen LogP contribution in [0.1, 0.15) is 116 Å². The molecule has 0 fully saturated rings. The molecular formula is C63H59BN2. The van der Waals surface area contributed by atoms with Crippen LogP contribution in [0.3, 0.4) is 0 Å². The van der Waals surface area contributed by atoms with Crippen LogP contribution in [0.15, 0.2) is 164 Å². The van der Waals surface area contributed by atoms with E-state index in [-0.39, 0.29) is 28.9 Å². The molecule has 0 saturated heterocycles. The van der Waals surface area contributed by atoms with Gasteiger partial charge in [0.15, 0.2) is 0 Å². The molecule has 2 aliphatic heterocycles. The van der Waals surface area contributed by atoms with E-state index in [0.29, 0.717) is 0 Å². The molecule has 8 aromatic rings. The first-order chi connectivity index (χ1) is 31.7. The van der Waals surface area contributed by atoms with Gasteiger partial charge in [-0.3, -0.25) is 0 Å². The minimum atomic E-state index is 0.00757. The van der Waals surface area contributed by atoms with Gasteiger partial charge in [-0.1, -0.05) is 176 Å². The van der Waals surface area contributed by atoms with Crippen molar-refractivity contribution in [1.82, 2.24) is 0 Å². The Morgan fingerprint density at radius 2 is 1.09 bits per heavy atom. The summed E-state index contributed by atoms with van der Waals surface area (Å²) in [6.45, 7) is 21.5. The van der Waals surface area contributed by atoms with Crippen molar-refractivity contribution < 1.29 is 0 Å². The first-order valence-corrected chi connectivity index (χ1v) is 24.2. The monoisotopic (exact) mass is 854 g/mol. The van der Waals surface area contributed by atoms with Crippen molar-refractivity contribution >= 4 is 57.2 Å². The van der Waals surface area contributed by atoms with E-state index in [1.807, 2.05) is 0 Å². The molecule has 0 saturated carbocycles. The maximum absolute atomic E-state index is 2.70. The Morgan fingerprint density at radius 3 is 1.76 bits per heavy atom. The zero-order valence-electron chi connectivity index (χ0n) is 40.1. The van der Waals surface area contributed by atoms with Crippen molar-refractivity contribution in [3.63, 3.8) is 0 Å². The van der Waals surface area contributed by atoms with Gasteiger partial charge in [0.05, 0.1) is 5.69 Å². The zero-order valence-corrected chi connectivity index (χ0v) is 40.1. The van der Waals surface area contributed by atoms with E-state index in [1.54, 1.807) is 0 Å². The summed E-state index contributed by atoms with van der Waals surface area (Å²) >= 11 is 0.